The summed E-state index contributed by atoms with van der Waals surface area (Å²) in [6.07, 6.45) is 0. The number of hydrogen-bond donors (Lipinski definition) is 0. The number of methoxy groups -OCH3 is 2. The first-order chi connectivity index (χ1) is 10.2. The Balaban J connectivity index is 2.08. The summed E-state index contributed by atoms with van der Waals surface area (Å²) >= 11 is 0. The molecule has 0 fully saturated rings. The number of carbonyl (C=O) groups excluding carboxylic acids is 1. The molecule has 21 heavy (non-hydrogen) atoms. The molecule has 0 spiro atoms. The molecular weight excluding hydrogens is 274 g/mol. The zero-order chi connectivity index (χ0) is 15.2. The summed E-state index contributed by atoms with van der Waals surface area (Å²) < 4.78 is 20.6. The molecule has 108 valence electrons. The normalized spacial score (nSPS) is 9.76. The molecule has 0 saturated carbocycles. The van der Waals surface area contributed by atoms with E-state index in [1.807, 2.05) is 6.07 Å². The maximum atomic E-state index is 11.3. The number of carbonyl (C=O) groups is 1. The molecule has 0 radical (unpaired) electrons. The third-order valence-electron chi connectivity index (χ3n) is 2.71. The molecule has 6 nitrogen and oxygen atoms in total. The molecule has 0 aliphatic heterocycles. The Morgan fingerprint density at radius 2 is 2.05 bits per heavy atom. The number of rotatable bonds is 5. The summed E-state index contributed by atoms with van der Waals surface area (Å²) in [5.74, 6) is 0.975. The highest BCUT2D eigenvalue weighted by atomic mass is 16.5. The second kappa shape index (κ2) is 6.48. The van der Waals surface area contributed by atoms with Gasteiger partial charge in [0.05, 0.1) is 25.9 Å². The maximum Gasteiger partial charge on any atom is 0.373 e. The third kappa shape index (κ3) is 3.34. The fraction of sp³-hybridized carbons (Fsp3) is 0.200. The molecule has 0 bridgehead atoms. The molecule has 0 N–H and O–H groups in total. The molecule has 2 rings (SSSR count). The largest absolute Gasteiger partial charge is 0.493 e. The standard InChI is InChI=1S/C15H13NO5/c1-18-14-7-10(8-16)3-5-12(14)20-9-11-4-6-13(21-11)15(17)19-2/h3-7H,9H2,1-2H3. The minimum Gasteiger partial charge on any atom is -0.493 e. The highest BCUT2D eigenvalue weighted by Gasteiger charge is 2.12. The highest BCUT2D eigenvalue weighted by molar-refractivity contribution is 5.86. The van der Waals surface area contributed by atoms with Crippen LogP contribution in [0.3, 0.4) is 0 Å². The molecule has 6 heteroatoms. The van der Waals surface area contributed by atoms with Crippen molar-refractivity contribution in [2.75, 3.05) is 14.2 Å². The lowest BCUT2D eigenvalue weighted by atomic mass is 10.2. The van der Waals surface area contributed by atoms with Crippen molar-refractivity contribution in [2.45, 2.75) is 6.61 Å². The van der Waals surface area contributed by atoms with E-state index in [0.717, 1.165) is 0 Å². The van der Waals surface area contributed by atoms with E-state index in [0.29, 0.717) is 22.8 Å². The smallest absolute Gasteiger partial charge is 0.373 e. The molecule has 1 heterocycles. The van der Waals surface area contributed by atoms with Crippen LogP contribution in [0, 0.1) is 11.3 Å². The second-order valence-corrected chi connectivity index (χ2v) is 4.02. The van der Waals surface area contributed by atoms with Crippen LogP contribution in [-0.2, 0) is 11.3 Å². The van der Waals surface area contributed by atoms with Gasteiger partial charge in [-0.05, 0) is 24.3 Å². The van der Waals surface area contributed by atoms with Gasteiger partial charge >= 0.3 is 5.97 Å². The molecule has 0 aliphatic rings. The second-order valence-electron chi connectivity index (χ2n) is 4.02. The van der Waals surface area contributed by atoms with Gasteiger partial charge in [0.25, 0.3) is 0 Å². The topological polar surface area (TPSA) is 81.7 Å². The van der Waals surface area contributed by atoms with E-state index in [1.165, 1.54) is 20.3 Å². The molecule has 1 aromatic heterocycles. The number of hydrogen-bond acceptors (Lipinski definition) is 6. The van der Waals surface area contributed by atoms with Crippen LogP contribution >= 0.6 is 0 Å². The predicted molar refractivity (Wildman–Crippen MR) is 72.1 cm³/mol. The molecule has 0 aliphatic carbocycles. The Kier molecular flexibility index (Phi) is 4.46. The number of benzene rings is 1. The molecule has 0 amide bonds. The van der Waals surface area contributed by atoms with Gasteiger partial charge in [-0.2, -0.15) is 5.26 Å². The average Bonchev–Trinajstić information content (AvgIpc) is 3.00. The SMILES string of the molecule is COC(=O)c1ccc(COc2ccc(C#N)cc2OC)o1. The zero-order valence-electron chi connectivity index (χ0n) is 11.6. The van der Waals surface area contributed by atoms with Crippen LogP contribution in [0.1, 0.15) is 21.9 Å². The fourth-order valence-corrected chi connectivity index (χ4v) is 1.67. The molecular formula is C15H13NO5. The summed E-state index contributed by atoms with van der Waals surface area (Å²) in [5, 5.41) is 8.83. The van der Waals surface area contributed by atoms with Crippen LogP contribution in [0.4, 0.5) is 0 Å². The minimum atomic E-state index is -0.544. The van der Waals surface area contributed by atoms with Crippen LogP contribution in [0.5, 0.6) is 11.5 Å². The van der Waals surface area contributed by atoms with Crippen molar-refractivity contribution in [3.63, 3.8) is 0 Å². The number of nitriles is 1. The van der Waals surface area contributed by atoms with Gasteiger partial charge in [0.1, 0.15) is 12.4 Å². The lowest BCUT2D eigenvalue weighted by Gasteiger charge is -2.09. The van der Waals surface area contributed by atoms with E-state index in [9.17, 15) is 4.79 Å². The Labute approximate surface area is 121 Å². The summed E-state index contributed by atoms with van der Waals surface area (Å²) in [6.45, 7) is 0.124. The molecule has 2 aromatic rings. The zero-order valence-corrected chi connectivity index (χ0v) is 11.6. The van der Waals surface area contributed by atoms with E-state index < -0.39 is 5.97 Å². The number of ether oxygens (including phenoxy) is 3. The van der Waals surface area contributed by atoms with Crippen LogP contribution in [0.2, 0.25) is 0 Å². The van der Waals surface area contributed by atoms with E-state index in [1.54, 1.807) is 24.3 Å². The van der Waals surface area contributed by atoms with Crippen molar-refractivity contribution in [2.24, 2.45) is 0 Å². The van der Waals surface area contributed by atoms with Gasteiger partial charge in [0.2, 0.25) is 5.76 Å². The van der Waals surface area contributed by atoms with Gasteiger partial charge in [-0.25, -0.2) is 4.79 Å². The molecule has 0 saturated heterocycles. The molecule has 0 unspecified atom stereocenters. The minimum absolute atomic E-state index is 0.114. The van der Waals surface area contributed by atoms with Crippen LogP contribution in [-0.4, -0.2) is 20.2 Å². The van der Waals surface area contributed by atoms with Gasteiger partial charge in [0.15, 0.2) is 11.5 Å². The van der Waals surface area contributed by atoms with E-state index in [2.05, 4.69) is 4.74 Å². The Morgan fingerprint density at radius 1 is 1.24 bits per heavy atom. The summed E-state index contributed by atoms with van der Waals surface area (Å²) in [7, 11) is 2.77. The van der Waals surface area contributed by atoms with Crippen molar-refractivity contribution < 1.29 is 23.4 Å². The van der Waals surface area contributed by atoms with Gasteiger partial charge < -0.3 is 18.6 Å². The van der Waals surface area contributed by atoms with E-state index in [4.69, 9.17) is 19.2 Å². The van der Waals surface area contributed by atoms with Gasteiger partial charge in [0, 0.05) is 6.07 Å². The van der Waals surface area contributed by atoms with E-state index in [-0.39, 0.29) is 12.4 Å². The third-order valence-corrected chi connectivity index (χ3v) is 2.71. The summed E-state index contributed by atoms with van der Waals surface area (Å²) in [4.78, 5) is 11.3. The summed E-state index contributed by atoms with van der Waals surface area (Å²) in [6, 6.07) is 10.0. The first kappa shape index (κ1) is 14.5. The maximum absolute atomic E-state index is 11.3. The van der Waals surface area contributed by atoms with Crippen molar-refractivity contribution in [1.29, 1.82) is 5.26 Å². The van der Waals surface area contributed by atoms with Gasteiger partial charge in [-0.15, -0.1) is 0 Å². The Bertz CT molecular complexity index is 684. The van der Waals surface area contributed by atoms with E-state index >= 15 is 0 Å². The molecule has 0 atom stereocenters. The number of esters is 1. The fourth-order valence-electron chi connectivity index (χ4n) is 1.67. The van der Waals surface area contributed by atoms with Crippen LogP contribution in [0.25, 0.3) is 0 Å². The average molecular weight is 287 g/mol. The van der Waals surface area contributed by atoms with Crippen LogP contribution in [0.15, 0.2) is 34.7 Å². The molecule has 1 aromatic carbocycles. The first-order valence-electron chi connectivity index (χ1n) is 6.06. The predicted octanol–water partition coefficient (Wildman–Crippen LogP) is 2.53. The highest BCUT2D eigenvalue weighted by Crippen LogP contribution is 2.28. The summed E-state index contributed by atoms with van der Waals surface area (Å²) in [5.41, 5.74) is 0.477. The lowest BCUT2D eigenvalue weighted by molar-refractivity contribution is 0.0561. The van der Waals surface area contributed by atoms with Gasteiger partial charge in [-0.1, -0.05) is 0 Å². The lowest BCUT2D eigenvalue weighted by Crippen LogP contribution is -1.99. The number of nitrogens with zero attached hydrogens (tertiary/aromatic N) is 1. The van der Waals surface area contributed by atoms with Crippen molar-refractivity contribution in [1.82, 2.24) is 0 Å². The Hall–Kier alpha value is -2.94. The van der Waals surface area contributed by atoms with Crippen molar-refractivity contribution >= 4 is 5.97 Å². The quantitative estimate of drug-likeness (QED) is 0.786. The van der Waals surface area contributed by atoms with Crippen molar-refractivity contribution in [3.8, 4) is 17.6 Å². The van der Waals surface area contributed by atoms with Gasteiger partial charge in [-0.3, -0.25) is 0 Å². The first-order valence-corrected chi connectivity index (χ1v) is 6.06. The van der Waals surface area contributed by atoms with Crippen LogP contribution < -0.4 is 9.47 Å². The monoisotopic (exact) mass is 287 g/mol. The Morgan fingerprint density at radius 3 is 2.71 bits per heavy atom. The van der Waals surface area contributed by atoms with Crippen molar-refractivity contribution in [3.05, 3.63) is 47.4 Å². The number of furan rings is 1.